The highest BCUT2D eigenvalue weighted by atomic mass is 32.1. The summed E-state index contributed by atoms with van der Waals surface area (Å²) in [4.78, 5) is 1.17. The van der Waals surface area contributed by atoms with Crippen LogP contribution in [0.25, 0.3) is 0 Å². The van der Waals surface area contributed by atoms with Crippen LogP contribution in [0.1, 0.15) is 30.4 Å². The molecule has 1 heterocycles. The number of hydrogen-bond donors (Lipinski definition) is 1. The van der Waals surface area contributed by atoms with Crippen LogP contribution in [-0.4, -0.2) is 6.04 Å². The Morgan fingerprint density at radius 2 is 2.11 bits per heavy atom. The van der Waals surface area contributed by atoms with Gasteiger partial charge in [-0.15, -0.1) is 11.3 Å². The van der Waals surface area contributed by atoms with Crippen molar-refractivity contribution >= 4 is 11.3 Å². The quantitative estimate of drug-likeness (QED) is 0.889. The Kier molecular flexibility index (Phi) is 4.39. The van der Waals surface area contributed by atoms with Crippen LogP contribution in [0.15, 0.2) is 41.8 Å². The van der Waals surface area contributed by atoms with Gasteiger partial charge in [0.25, 0.3) is 0 Å². The minimum Gasteiger partial charge on any atom is -0.483 e. The first-order valence-corrected chi connectivity index (χ1v) is 7.13. The van der Waals surface area contributed by atoms with Crippen molar-refractivity contribution in [1.29, 1.82) is 0 Å². The van der Waals surface area contributed by atoms with Crippen molar-refractivity contribution in [3.8, 4) is 5.75 Å². The summed E-state index contributed by atoms with van der Waals surface area (Å²) in [5, 5.41) is 2.05. The molecule has 2 unspecified atom stereocenters. The molecule has 18 heavy (non-hydrogen) atoms. The molecule has 0 saturated heterocycles. The number of benzene rings is 1. The molecule has 0 fully saturated rings. The molecule has 0 amide bonds. The average molecular weight is 261 g/mol. The van der Waals surface area contributed by atoms with Gasteiger partial charge in [-0.05, 0) is 42.5 Å². The van der Waals surface area contributed by atoms with Gasteiger partial charge >= 0.3 is 0 Å². The highest BCUT2D eigenvalue weighted by Crippen LogP contribution is 2.27. The van der Waals surface area contributed by atoms with Crippen LogP contribution < -0.4 is 10.5 Å². The first-order valence-electron chi connectivity index (χ1n) is 6.25. The molecular formula is C15H19NOS. The number of ether oxygens (including phenoxy) is 1. The first kappa shape index (κ1) is 13.1. The number of hydrogen-bond acceptors (Lipinski definition) is 3. The molecule has 0 bridgehead atoms. The number of aryl methyl sites for hydroxylation is 1. The predicted octanol–water partition coefficient (Wildman–Crippen LogP) is 3.78. The lowest BCUT2D eigenvalue weighted by Gasteiger charge is -2.21. The third kappa shape index (κ3) is 3.12. The summed E-state index contributed by atoms with van der Waals surface area (Å²) in [6.45, 7) is 4.12. The van der Waals surface area contributed by atoms with Crippen LogP contribution in [-0.2, 0) is 6.42 Å². The zero-order chi connectivity index (χ0) is 13.0. The fourth-order valence-electron chi connectivity index (χ4n) is 1.86. The maximum atomic E-state index is 6.05. The molecular weight excluding hydrogens is 242 g/mol. The van der Waals surface area contributed by atoms with Gasteiger partial charge in [0, 0.05) is 10.9 Å². The van der Waals surface area contributed by atoms with Crippen molar-refractivity contribution in [1.82, 2.24) is 0 Å². The Labute approximate surface area is 112 Å². The Balaban J connectivity index is 2.18. The van der Waals surface area contributed by atoms with E-state index in [9.17, 15) is 0 Å². The van der Waals surface area contributed by atoms with Crippen LogP contribution in [0.2, 0.25) is 0 Å². The summed E-state index contributed by atoms with van der Waals surface area (Å²) in [7, 11) is 0. The predicted molar refractivity (Wildman–Crippen MR) is 77.2 cm³/mol. The van der Waals surface area contributed by atoms with E-state index in [-0.39, 0.29) is 12.1 Å². The van der Waals surface area contributed by atoms with Crippen molar-refractivity contribution in [3.05, 3.63) is 52.2 Å². The molecule has 0 spiro atoms. The minimum absolute atomic E-state index is 0.0334. The maximum absolute atomic E-state index is 6.05. The second-order valence-corrected chi connectivity index (χ2v) is 5.39. The van der Waals surface area contributed by atoms with Crippen molar-refractivity contribution in [2.75, 3.05) is 0 Å². The van der Waals surface area contributed by atoms with Crippen molar-refractivity contribution in [2.24, 2.45) is 5.73 Å². The second-order valence-electron chi connectivity index (χ2n) is 4.41. The summed E-state index contributed by atoms with van der Waals surface area (Å²) in [6.07, 6.45) is 0.941. The minimum atomic E-state index is -0.0721. The molecule has 2 N–H and O–H groups in total. The molecule has 1 aromatic carbocycles. The van der Waals surface area contributed by atoms with Gasteiger partial charge in [0.1, 0.15) is 11.9 Å². The van der Waals surface area contributed by atoms with Gasteiger partial charge in [-0.1, -0.05) is 25.1 Å². The Hall–Kier alpha value is -1.32. The zero-order valence-electron chi connectivity index (χ0n) is 10.8. The Morgan fingerprint density at radius 3 is 2.72 bits per heavy atom. The first-order chi connectivity index (χ1) is 8.70. The molecule has 2 atom stereocenters. The van der Waals surface area contributed by atoms with Crippen molar-refractivity contribution in [2.45, 2.75) is 32.4 Å². The zero-order valence-corrected chi connectivity index (χ0v) is 11.6. The molecule has 0 radical (unpaired) electrons. The topological polar surface area (TPSA) is 35.2 Å². The summed E-state index contributed by atoms with van der Waals surface area (Å²) in [5.74, 6) is 0.894. The molecule has 1 aromatic heterocycles. The van der Waals surface area contributed by atoms with E-state index in [4.69, 9.17) is 10.5 Å². The lowest BCUT2D eigenvalue weighted by molar-refractivity contribution is 0.184. The van der Waals surface area contributed by atoms with Gasteiger partial charge in [-0.3, -0.25) is 0 Å². The Morgan fingerprint density at radius 1 is 1.28 bits per heavy atom. The van der Waals surface area contributed by atoms with E-state index in [1.54, 1.807) is 11.3 Å². The largest absolute Gasteiger partial charge is 0.483 e. The third-order valence-corrected chi connectivity index (χ3v) is 3.80. The van der Waals surface area contributed by atoms with Crippen molar-refractivity contribution < 1.29 is 4.74 Å². The van der Waals surface area contributed by atoms with E-state index in [0.29, 0.717) is 0 Å². The summed E-state index contributed by atoms with van der Waals surface area (Å²) < 4.78 is 6.05. The third-order valence-electron chi connectivity index (χ3n) is 2.87. The SMILES string of the molecule is CCc1cccc(OC(c2cccs2)C(C)N)c1. The number of thiophene rings is 1. The molecule has 2 aromatic rings. The van der Waals surface area contributed by atoms with Crippen molar-refractivity contribution in [3.63, 3.8) is 0 Å². The molecule has 0 aliphatic carbocycles. The number of nitrogens with two attached hydrogens (primary N) is 1. The van der Waals surface area contributed by atoms with Crippen LogP contribution in [0.5, 0.6) is 5.75 Å². The molecule has 3 heteroatoms. The van der Waals surface area contributed by atoms with E-state index in [1.807, 2.05) is 25.1 Å². The van der Waals surface area contributed by atoms with Gasteiger partial charge in [0.2, 0.25) is 0 Å². The van der Waals surface area contributed by atoms with Crippen LogP contribution >= 0.6 is 11.3 Å². The normalized spacial score (nSPS) is 14.2. The average Bonchev–Trinajstić information content (AvgIpc) is 2.89. The fourth-order valence-corrected chi connectivity index (χ4v) is 2.73. The van der Waals surface area contributed by atoms with E-state index in [1.165, 1.54) is 10.4 Å². The van der Waals surface area contributed by atoms with Gasteiger partial charge in [0.05, 0.1) is 0 Å². The van der Waals surface area contributed by atoms with Gasteiger partial charge in [-0.2, -0.15) is 0 Å². The van der Waals surface area contributed by atoms with Crippen LogP contribution in [0.3, 0.4) is 0 Å². The summed E-state index contributed by atoms with van der Waals surface area (Å²) >= 11 is 1.68. The highest BCUT2D eigenvalue weighted by molar-refractivity contribution is 7.10. The van der Waals surface area contributed by atoms with Gasteiger partial charge in [0.15, 0.2) is 0 Å². The monoisotopic (exact) mass is 261 g/mol. The van der Waals surface area contributed by atoms with E-state index in [2.05, 4.69) is 30.5 Å². The molecule has 2 nitrogen and oxygen atoms in total. The second kappa shape index (κ2) is 6.03. The van der Waals surface area contributed by atoms with Crippen LogP contribution in [0.4, 0.5) is 0 Å². The lowest BCUT2D eigenvalue weighted by Crippen LogP contribution is -2.28. The molecule has 0 aliphatic heterocycles. The summed E-state index contributed by atoms with van der Waals surface area (Å²) in [5.41, 5.74) is 7.31. The fraction of sp³-hybridized carbons (Fsp3) is 0.333. The lowest BCUT2D eigenvalue weighted by atomic mass is 10.1. The standard InChI is InChI=1S/C15H19NOS/c1-3-12-6-4-7-13(10-12)17-15(11(2)16)14-8-5-9-18-14/h4-11,15H,3,16H2,1-2H3. The highest BCUT2D eigenvalue weighted by Gasteiger charge is 2.19. The van der Waals surface area contributed by atoms with Gasteiger partial charge in [-0.25, -0.2) is 0 Å². The van der Waals surface area contributed by atoms with E-state index >= 15 is 0 Å². The van der Waals surface area contributed by atoms with Crippen LogP contribution in [0, 0.1) is 0 Å². The molecule has 0 aliphatic rings. The summed E-state index contributed by atoms with van der Waals surface area (Å²) in [6, 6.07) is 12.3. The molecule has 96 valence electrons. The molecule has 2 rings (SSSR count). The van der Waals surface area contributed by atoms with Gasteiger partial charge < -0.3 is 10.5 Å². The smallest absolute Gasteiger partial charge is 0.148 e. The molecule has 0 saturated carbocycles. The Bertz CT molecular complexity index is 479. The van der Waals surface area contributed by atoms with E-state index < -0.39 is 0 Å². The number of rotatable bonds is 5. The van der Waals surface area contributed by atoms with E-state index in [0.717, 1.165) is 12.2 Å². The maximum Gasteiger partial charge on any atom is 0.148 e.